The number of ether oxygens (including phenoxy) is 4. The zero-order valence-corrected chi connectivity index (χ0v) is 20.0. The highest BCUT2D eigenvalue weighted by atomic mass is 19.1. The highest BCUT2D eigenvalue weighted by molar-refractivity contribution is 5.81. The molecule has 184 valence electrons. The van der Waals surface area contributed by atoms with Crippen LogP contribution in [0.5, 0.6) is 0 Å². The van der Waals surface area contributed by atoms with Crippen LogP contribution in [0.3, 0.4) is 0 Å². The van der Waals surface area contributed by atoms with Gasteiger partial charge in [-0.05, 0) is 82.9 Å². The molecule has 2 fully saturated rings. The van der Waals surface area contributed by atoms with Crippen LogP contribution in [0.2, 0.25) is 0 Å². The summed E-state index contributed by atoms with van der Waals surface area (Å²) in [6.45, 7) is 8.07. The van der Waals surface area contributed by atoms with Crippen molar-refractivity contribution in [2.45, 2.75) is 77.2 Å². The third kappa shape index (κ3) is 8.59. The van der Waals surface area contributed by atoms with Crippen molar-refractivity contribution < 1.29 is 32.9 Å². The molecule has 0 unspecified atom stereocenters. The van der Waals surface area contributed by atoms with Crippen LogP contribution in [0, 0.1) is 17.7 Å². The number of carbonyl (C=O) groups is 2. The fourth-order valence-corrected chi connectivity index (χ4v) is 3.88. The molecule has 4 atom stereocenters. The second-order valence-corrected chi connectivity index (χ2v) is 10.0. The van der Waals surface area contributed by atoms with Crippen LogP contribution in [0.1, 0.15) is 52.5 Å². The van der Waals surface area contributed by atoms with E-state index in [1.54, 1.807) is 32.9 Å². The molecule has 0 bridgehead atoms. The topological polar surface area (TPSA) is 83.1 Å². The Kier molecular flexibility index (Phi) is 8.70. The van der Waals surface area contributed by atoms with Crippen molar-refractivity contribution in [1.29, 1.82) is 0 Å². The Labute approximate surface area is 195 Å². The van der Waals surface area contributed by atoms with Crippen LogP contribution < -0.4 is 5.32 Å². The van der Waals surface area contributed by atoms with E-state index in [0.717, 1.165) is 18.4 Å². The fourth-order valence-electron chi connectivity index (χ4n) is 3.88. The fraction of sp³-hybridized carbons (Fsp3) is 0.680. The Bertz CT molecular complexity index is 789. The summed E-state index contributed by atoms with van der Waals surface area (Å²) < 4.78 is 36.4. The second-order valence-electron chi connectivity index (χ2n) is 10.0. The first-order chi connectivity index (χ1) is 15.6. The molecule has 2 aliphatic rings. The summed E-state index contributed by atoms with van der Waals surface area (Å²) in [5.41, 5.74) is 0.300. The van der Waals surface area contributed by atoms with Crippen LogP contribution >= 0.6 is 0 Å². The molecule has 8 heteroatoms. The Hall–Kier alpha value is -2.19. The molecule has 0 radical (unpaired) electrons. The average molecular weight is 466 g/mol. The third-order valence-corrected chi connectivity index (χ3v) is 5.75. The van der Waals surface area contributed by atoms with E-state index in [-0.39, 0.29) is 24.4 Å². The van der Waals surface area contributed by atoms with Gasteiger partial charge in [0.15, 0.2) is 6.04 Å². The number of benzene rings is 1. The van der Waals surface area contributed by atoms with Gasteiger partial charge in [0.2, 0.25) is 0 Å². The summed E-state index contributed by atoms with van der Waals surface area (Å²) in [6.07, 6.45) is 2.05. The largest absolute Gasteiger partial charge is 0.458 e. The van der Waals surface area contributed by atoms with E-state index in [4.69, 9.17) is 18.9 Å². The first-order valence-corrected chi connectivity index (χ1v) is 11.7. The average Bonchev–Trinajstić information content (AvgIpc) is 3.54. The number of esters is 1. The summed E-state index contributed by atoms with van der Waals surface area (Å²) in [5, 5.41) is 2.56. The lowest BCUT2D eigenvalue weighted by Gasteiger charge is -2.34. The maximum absolute atomic E-state index is 13.4. The zero-order valence-electron chi connectivity index (χ0n) is 20.0. The molecule has 1 heterocycles. The normalized spacial score (nSPS) is 26.9. The molecule has 1 saturated heterocycles. The predicted octanol–water partition coefficient (Wildman–Crippen LogP) is 4.02. The van der Waals surface area contributed by atoms with Gasteiger partial charge in [-0.15, -0.1) is 0 Å². The first-order valence-electron chi connectivity index (χ1n) is 11.7. The van der Waals surface area contributed by atoms with Crippen LogP contribution in [-0.2, 0) is 30.2 Å². The third-order valence-electron chi connectivity index (χ3n) is 5.75. The summed E-state index contributed by atoms with van der Waals surface area (Å²) in [4.78, 5) is 25.1. The number of halogens is 1. The van der Waals surface area contributed by atoms with Gasteiger partial charge in [-0.2, -0.15) is 0 Å². The molecular formula is C25H36FNO6. The molecule has 1 amide bonds. The zero-order chi connectivity index (χ0) is 24.0. The molecule has 0 aromatic heterocycles. The van der Waals surface area contributed by atoms with E-state index < -0.39 is 29.8 Å². The van der Waals surface area contributed by atoms with E-state index in [2.05, 4.69) is 5.32 Å². The maximum atomic E-state index is 13.4. The number of nitrogens with one attached hydrogen (secondary N) is 1. The minimum atomic E-state index is -0.972. The summed E-state index contributed by atoms with van der Waals surface area (Å²) in [5.74, 6) is -0.295. The lowest BCUT2D eigenvalue weighted by atomic mass is 9.88. The van der Waals surface area contributed by atoms with Gasteiger partial charge in [-0.25, -0.2) is 14.0 Å². The molecule has 33 heavy (non-hydrogen) atoms. The van der Waals surface area contributed by atoms with E-state index in [1.165, 1.54) is 12.1 Å². The van der Waals surface area contributed by atoms with Crippen molar-refractivity contribution in [3.63, 3.8) is 0 Å². The Morgan fingerprint density at radius 3 is 2.52 bits per heavy atom. The van der Waals surface area contributed by atoms with Gasteiger partial charge in [-0.1, -0.05) is 12.1 Å². The SMILES string of the molecule is C[C@@H]1OC(=O)[C@@H](NC(=O)OC(C)(C)C)COCC[C@H](Cc2ccc(F)cc2)[C@H]1OCC1CC1. The summed E-state index contributed by atoms with van der Waals surface area (Å²) >= 11 is 0. The number of hydrogen-bond donors (Lipinski definition) is 1. The molecule has 3 rings (SSSR count). The van der Waals surface area contributed by atoms with Gasteiger partial charge >= 0.3 is 12.1 Å². The van der Waals surface area contributed by atoms with Gasteiger partial charge in [-0.3, -0.25) is 0 Å². The molecule has 1 saturated carbocycles. The standard InChI is InChI=1S/C25H36FNO6/c1-16-22(31-14-18-5-6-18)19(13-17-7-9-20(26)10-8-17)11-12-30-15-21(23(28)32-16)27-24(29)33-25(2,3)4/h7-10,16,18-19,21-22H,5-6,11-15H2,1-4H3,(H,27,29)/t16-,19+,21-,22-/m0/s1. The number of alkyl carbamates (subject to hydrolysis) is 1. The molecule has 1 aromatic rings. The van der Waals surface area contributed by atoms with Crippen LogP contribution in [0.4, 0.5) is 9.18 Å². The smallest absolute Gasteiger partial charge is 0.408 e. The van der Waals surface area contributed by atoms with Crippen molar-refractivity contribution >= 4 is 12.1 Å². The maximum Gasteiger partial charge on any atom is 0.408 e. The number of carbonyl (C=O) groups excluding carboxylic acids is 2. The highest BCUT2D eigenvalue weighted by Gasteiger charge is 2.36. The predicted molar refractivity (Wildman–Crippen MR) is 120 cm³/mol. The quantitative estimate of drug-likeness (QED) is 0.639. The highest BCUT2D eigenvalue weighted by Crippen LogP contribution is 2.32. The number of rotatable bonds is 6. The van der Waals surface area contributed by atoms with Crippen LogP contribution in [0.25, 0.3) is 0 Å². The molecule has 1 N–H and O–H groups in total. The van der Waals surface area contributed by atoms with E-state index in [1.807, 2.05) is 6.92 Å². The summed E-state index contributed by atoms with van der Waals surface area (Å²) in [6, 6.07) is 5.46. The van der Waals surface area contributed by atoms with Gasteiger partial charge in [0.1, 0.15) is 17.5 Å². The molecule has 1 aliphatic carbocycles. The monoisotopic (exact) mass is 465 g/mol. The van der Waals surface area contributed by atoms with Crippen molar-refractivity contribution in [3.8, 4) is 0 Å². The number of hydrogen-bond acceptors (Lipinski definition) is 6. The van der Waals surface area contributed by atoms with Crippen molar-refractivity contribution in [3.05, 3.63) is 35.6 Å². The van der Waals surface area contributed by atoms with Crippen molar-refractivity contribution in [2.75, 3.05) is 19.8 Å². The Morgan fingerprint density at radius 1 is 1.18 bits per heavy atom. The van der Waals surface area contributed by atoms with E-state index in [0.29, 0.717) is 32.0 Å². The molecule has 0 spiro atoms. The number of cyclic esters (lactones) is 1. The Balaban J connectivity index is 1.70. The van der Waals surface area contributed by atoms with Gasteiger partial charge < -0.3 is 24.3 Å². The Morgan fingerprint density at radius 2 is 1.88 bits per heavy atom. The van der Waals surface area contributed by atoms with Gasteiger partial charge in [0.05, 0.1) is 12.7 Å². The minimum absolute atomic E-state index is 0.0122. The molecular weight excluding hydrogens is 429 g/mol. The number of amides is 1. The second kappa shape index (κ2) is 11.3. The van der Waals surface area contributed by atoms with Crippen molar-refractivity contribution in [1.82, 2.24) is 5.32 Å². The van der Waals surface area contributed by atoms with Gasteiger partial charge in [0.25, 0.3) is 0 Å². The van der Waals surface area contributed by atoms with Crippen LogP contribution in [0.15, 0.2) is 24.3 Å². The lowest BCUT2D eigenvalue weighted by Crippen LogP contribution is -2.50. The lowest BCUT2D eigenvalue weighted by molar-refractivity contribution is -0.166. The molecule has 7 nitrogen and oxygen atoms in total. The minimum Gasteiger partial charge on any atom is -0.458 e. The molecule has 1 aromatic carbocycles. The van der Waals surface area contributed by atoms with E-state index in [9.17, 15) is 14.0 Å². The summed E-state index contributed by atoms with van der Waals surface area (Å²) in [7, 11) is 0. The van der Waals surface area contributed by atoms with Crippen LogP contribution in [-0.4, -0.2) is 55.7 Å². The van der Waals surface area contributed by atoms with Crippen molar-refractivity contribution in [2.24, 2.45) is 11.8 Å². The first kappa shape index (κ1) is 25.4. The molecule has 1 aliphatic heterocycles. The van der Waals surface area contributed by atoms with E-state index >= 15 is 0 Å². The van der Waals surface area contributed by atoms with Gasteiger partial charge in [0, 0.05) is 13.2 Å².